The van der Waals surface area contributed by atoms with E-state index < -0.39 is 0 Å². The number of methoxy groups -OCH3 is 3. The van der Waals surface area contributed by atoms with Crippen molar-refractivity contribution in [3.05, 3.63) is 146 Å². The standard InChI is InChI=1S/3C10H8.2C5H12.3C4H8O2.3C2H6.3HI.V/c3*1-2-6-10-8-4-3-7-9(10)5-1;2*1-3-5-4-2;3*1-5-2-4-3-6-4;3*1-2;;;;/h3*1-8H;2*3-5H2,1-2H3;3*4H,2-3H2,1H3;3*1-2H3;3*1H;/q;;;;;;;;;;;;;;+3/p-3. The van der Waals surface area contributed by atoms with Crippen LogP contribution in [0, 0.1) is 0 Å². The molecule has 6 aromatic carbocycles. The number of ether oxygens (including phenoxy) is 6. The maximum Gasteiger partial charge on any atom is -0.0184 e. The van der Waals surface area contributed by atoms with Crippen LogP contribution in [0.15, 0.2) is 146 Å². The van der Waals surface area contributed by atoms with Crippen LogP contribution in [0.3, 0.4) is 0 Å². The van der Waals surface area contributed by atoms with Crippen LogP contribution in [0.2, 0.25) is 0 Å². The molecule has 3 aliphatic rings. The van der Waals surface area contributed by atoms with Crippen molar-refractivity contribution >= 4 is 92.3 Å². The number of hydrogen-bond acceptors (Lipinski definition) is 6. The minimum atomic E-state index is -0.278. The van der Waals surface area contributed by atoms with Crippen molar-refractivity contribution in [2.75, 3.05) is 61.0 Å². The molecule has 3 unspecified atom stereocenters. The number of fused-ring (bicyclic) bond motifs is 3. The molecule has 6 aromatic rings. The van der Waals surface area contributed by atoms with E-state index in [1.807, 2.05) is 41.5 Å². The average Bonchev–Trinajstić information content (AvgIpc) is 4.24. The van der Waals surface area contributed by atoms with E-state index in [0.29, 0.717) is 18.3 Å². The summed E-state index contributed by atoms with van der Waals surface area (Å²) < 4.78 is 28.7. The molecule has 0 aromatic heterocycles. The van der Waals surface area contributed by atoms with Gasteiger partial charge in [-0.1, -0.05) is 253 Å². The maximum atomic E-state index is 4.82. The third-order valence-electron chi connectivity index (χ3n) is 8.66. The van der Waals surface area contributed by atoms with E-state index in [0.717, 1.165) is 39.6 Å². The summed E-state index contributed by atoms with van der Waals surface area (Å²) >= 11 is 7.39. The van der Waals surface area contributed by atoms with Gasteiger partial charge < -0.3 is 28.4 Å². The van der Waals surface area contributed by atoms with Crippen molar-refractivity contribution in [3.8, 4) is 0 Å². The molecule has 384 valence electrons. The summed E-state index contributed by atoms with van der Waals surface area (Å²) in [6.45, 7) is 25.8. The van der Waals surface area contributed by atoms with Gasteiger partial charge in [0.25, 0.3) is 0 Å². The molecular weight excluding hydrogens is 1220 g/mol. The molecule has 0 aliphatic carbocycles. The normalized spacial score (nSPS) is 14.5. The first-order valence-electron chi connectivity index (χ1n) is 24.7. The van der Waals surface area contributed by atoms with Crippen molar-refractivity contribution in [1.82, 2.24) is 0 Å². The van der Waals surface area contributed by atoms with E-state index >= 15 is 0 Å². The van der Waals surface area contributed by atoms with Crippen LogP contribution in [0.25, 0.3) is 32.3 Å². The fourth-order valence-corrected chi connectivity index (χ4v) is 5.16. The van der Waals surface area contributed by atoms with Gasteiger partial charge in [-0.3, -0.25) is 0 Å². The van der Waals surface area contributed by atoms with Crippen molar-refractivity contribution < 1.29 is 33.3 Å². The molecule has 0 radical (unpaired) electrons. The van der Waals surface area contributed by atoms with Crippen molar-refractivity contribution in [3.63, 3.8) is 0 Å². The second-order valence-corrected chi connectivity index (χ2v) is 49.5. The molecule has 0 bridgehead atoms. The molecule has 3 saturated heterocycles. The Bertz CT molecular complexity index is 1480. The van der Waals surface area contributed by atoms with Crippen LogP contribution >= 0.6 is 59.9 Å². The van der Waals surface area contributed by atoms with Crippen LogP contribution in [-0.2, 0) is 33.3 Å². The zero-order chi connectivity index (χ0) is 51.5. The van der Waals surface area contributed by atoms with Gasteiger partial charge in [-0.25, -0.2) is 0 Å². The molecule has 0 amide bonds. The quantitative estimate of drug-likeness (QED) is 0.101. The van der Waals surface area contributed by atoms with Crippen LogP contribution in [-0.4, -0.2) is 79.3 Å². The average molecular weight is 1320 g/mol. The molecule has 9 rings (SSSR count). The van der Waals surface area contributed by atoms with E-state index in [2.05, 4.69) is 233 Å². The number of epoxide rings is 3. The predicted molar refractivity (Wildman–Crippen MR) is 323 cm³/mol. The van der Waals surface area contributed by atoms with Gasteiger partial charge in [-0.2, -0.15) is 0 Å². The Morgan fingerprint density at radius 1 is 0.368 bits per heavy atom. The van der Waals surface area contributed by atoms with Crippen molar-refractivity contribution in [1.29, 1.82) is 0 Å². The van der Waals surface area contributed by atoms with Gasteiger partial charge in [0, 0.05) is 21.3 Å². The zero-order valence-corrected chi connectivity index (χ0v) is 52.0. The Morgan fingerprint density at radius 2 is 0.500 bits per heavy atom. The molecule has 0 N–H and O–H groups in total. The van der Waals surface area contributed by atoms with Crippen LogP contribution in [0.4, 0.5) is 0 Å². The fourth-order valence-electron chi connectivity index (χ4n) is 5.16. The molecule has 0 spiro atoms. The third kappa shape index (κ3) is 47.0. The summed E-state index contributed by atoms with van der Waals surface area (Å²) in [7, 11) is 5.05. The molecule has 3 atom stereocenters. The molecule has 6 nitrogen and oxygen atoms in total. The predicted octanol–water partition coefficient (Wildman–Crippen LogP) is 18.7. The first kappa shape index (κ1) is 70.9. The van der Waals surface area contributed by atoms with Gasteiger partial charge in [0.05, 0.1) is 39.6 Å². The summed E-state index contributed by atoms with van der Waals surface area (Å²) in [6.07, 6.45) is 9.43. The Labute approximate surface area is 453 Å². The monoisotopic (exact) mass is 1310 g/mol. The van der Waals surface area contributed by atoms with E-state index in [9.17, 15) is 0 Å². The summed E-state index contributed by atoms with van der Waals surface area (Å²) in [5.74, 6) is 0. The van der Waals surface area contributed by atoms with Gasteiger partial charge >= 0.3 is 64.9 Å². The second kappa shape index (κ2) is 55.0. The van der Waals surface area contributed by atoms with Gasteiger partial charge in [0.15, 0.2) is 0 Å². The van der Waals surface area contributed by atoms with Gasteiger partial charge in [-0.15, -0.1) is 0 Å². The van der Waals surface area contributed by atoms with Crippen molar-refractivity contribution in [2.45, 2.75) is 126 Å². The molecule has 3 aliphatic heterocycles. The van der Waals surface area contributed by atoms with Gasteiger partial charge in [0.1, 0.15) is 18.3 Å². The topological polar surface area (TPSA) is 65.3 Å². The summed E-state index contributed by atoms with van der Waals surface area (Å²) in [5, 5.41) is 7.86. The van der Waals surface area contributed by atoms with E-state index in [1.54, 1.807) is 21.3 Å². The smallest absolute Gasteiger partial charge is 0.0184 e. The second-order valence-electron chi connectivity index (χ2n) is 14.2. The maximum absolute atomic E-state index is 4.82. The Hall–Kier alpha value is -1.37. The van der Waals surface area contributed by atoms with Gasteiger partial charge in [0.2, 0.25) is 0 Å². The third-order valence-corrected chi connectivity index (χ3v) is 8.66. The molecule has 3 fully saturated rings. The number of rotatable bonds is 10. The molecule has 3 heterocycles. The first-order valence-corrected chi connectivity index (χ1v) is 38.2. The number of hydrogen-bond donors (Lipinski definition) is 0. The minimum Gasteiger partial charge on any atom is -0.0616 e. The Balaban J connectivity index is -0.000000701. The molecular formula is C58H90I3O6V. The zero-order valence-electron chi connectivity index (χ0n) is 44.1. The number of benzene rings is 6. The number of halogens is 3. The van der Waals surface area contributed by atoms with Crippen LogP contribution in [0.5, 0.6) is 0 Å². The largest absolute Gasteiger partial charge is 0.0616 e. The molecule has 0 saturated carbocycles. The first-order chi connectivity index (χ1) is 33.3. The summed E-state index contributed by atoms with van der Waals surface area (Å²) in [5.41, 5.74) is 0. The SMILES string of the molecule is CC.CC.CC.CCCCC.CCCCC.COCC1CO1.COCC1CO1.COCC1CO1.[I][V]([I])[I].c1ccc2ccccc2c1.c1ccc2ccccc2c1.c1ccc2ccccc2c1. The van der Waals surface area contributed by atoms with E-state index in [-0.39, 0.29) is 4.92 Å². The van der Waals surface area contributed by atoms with E-state index in [4.69, 9.17) is 28.4 Å². The Kier molecular flexibility index (Phi) is 57.3. The van der Waals surface area contributed by atoms with E-state index in [1.165, 1.54) is 70.8 Å². The van der Waals surface area contributed by atoms with Crippen LogP contribution in [0.1, 0.15) is 108 Å². The van der Waals surface area contributed by atoms with Gasteiger partial charge in [-0.05, 0) is 32.3 Å². The van der Waals surface area contributed by atoms with Crippen molar-refractivity contribution in [2.24, 2.45) is 0 Å². The molecule has 10 heteroatoms. The summed E-state index contributed by atoms with van der Waals surface area (Å²) in [4.78, 5) is -0.278. The summed E-state index contributed by atoms with van der Waals surface area (Å²) in [6, 6.07) is 50.1. The number of unbranched alkanes of at least 4 members (excludes halogenated alkanes) is 4. The minimum absolute atomic E-state index is 0.278. The van der Waals surface area contributed by atoms with Crippen LogP contribution < -0.4 is 0 Å². The fraction of sp³-hybridized carbons (Fsp3) is 0.483. The Morgan fingerprint density at radius 3 is 0.559 bits per heavy atom. The molecule has 68 heavy (non-hydrogen) atoms.